The number of piperazine rings is 1. The maximum Gasteiger partial charge on any atom is 0.185 e. The van der Waals surface area contributed by atoms with E-state index in [4.69, 9.17) is 4.98 Å². The molecule has 1 aliphatic heterocycles. The minimum Gasteiger partial charge on any atom is -0.346 e. The van der Waals surface area contributed by atoms with E-state index in [1.165, 1.54) is 27.5 Å². The number of fused-ring (bicyclic) bond motifs is 1. The van der Waals surface area contributed by atoms with Gasteiger partial charge in [0, 0.05) is 37.1 Å². The average molecular weight is 462 g/mol. The van der Waals surface area contributed by atoms with Gasteiger partial charge < -0.3 is 4.90 Å². The molecule has 0 spiro atoms. The van der Waals surface area contributed by atoms with Crippen molar-refractivity contribution in [1.29, 1.82) is 0 Å². The zero-order chi connectivity index (χ0) is 22.7. The van der Waals surface area contributed by atoms with Gasteiger partial charge in [0.2, 0.25) is 0 Å². The lowest BCUT2D eigenvalue weighted by Crippen LogP contribution is -2.48. The van der Waals surface area contributed by atoms with Crippen LogP contribution in [0.15, 0.2) is 109 Å². The summed E-state index contributed by atoms with van der Waals surface area (Å²) < 4.78 is 0. The van der Waals surface area contributed by atoms with Crippen LogP contribution in [-0.4, -0.2) is 36.1 Å². The number of anilines is 1. The van der Waals surface area contributed by atoms with E-state index < -0.39 is 0 Å². The van der Waals surface area contributed by atoms with Gasteiger partial charge in [-0.3, -0.25) is 4.90 Å². The van der Waals surface area contributed by atoms with E-state index in [0.717, 1.165) is 37.0 Å². The van der Waals surface area contributed by atoms with Crippen molar-refractivity contribution in [3.63, 3.8) is 0 Å². The highest BCUT2D eigenvalue weighted by molar-refractivity contribution is 7.14. The highest BCUT2D eigenvalue weighted by Crippen LogP contribution is 2.34. The monoisotopic (exact) mass is 461 g/mol. The van der Waals surface area contributed by atoms with Gasteiger partial charge in [-0.05, 0) is 21.9 Å². The van der Waals surface area contributed by atoms with Gasteiger partial charge in [-0.2, -0.15) is 0 Å². The third-order valence-electron chi connectivity index (χ3n) is 6.74. The largest absolute Gasteiger partial charge is 0.346 e. The molecule has 0 amide bonds. The molecule has 2 heterocycles. The van der Waals surface area contributed by atoms with E-state index in [2.05, 4.69) is 118 Å². The topological polar surface area (TPSA) is 19.4 Å². The summed E-state index contributed by atoms with van der Waals surface area (Å²) in [6, 6.07) is 37.1. The van der Waals surface area contributed by atoms with Crippen molar-refractivity contribution in [3.05, 3.63) is 120 Å². The lowest BCUT2D eigenvalue weighted by molar-refractivity contribution is 0.212. The molecule has 0 bridgehead atoms. The van der Waals surface area contributed by atoms with Crippen LogP contribution in [0.5, 0.6) is 0 Å². The number of hydrogen-bond acceptors (Lipinski definition) is 4. The molecule has 1 fully saturated rings. The third kappa shape index (κ3) is 4.11. The summed E-state index contributed by atoms with van der Waals surface area (Å²) in [6.07, 6.45) is 0. The van der Waals surface area contributed by atoms with Crippen molar-refractivity contribution in [2.45, 2.75) is 6.04 Å². The standard InChI is InChI=1S/C30H27N3S/c1-3-11-24(12-4-1)29(25-13-5-2-6-14-25)32-18-20-33(21-19-32)30-31-28(22-34-30)27-17-9-15-23-10-7-8-16-26(23)27/h1-17,22,29H,18-21H2. The molecule has 0 atom stereocenters. The molecule has 1 aromatic heterocycles. The maximum atomic E-state index is 5.07. The Morgan fingerprint density at radius 1 is 0.647 bits per heavy atom. The molecule has 5 aromatic rings. The van der Waals surface area contributed by atoms with Gasteiger partial charge in [0.25, 0.3) is 0 Å². The Bertz CT molecular complexity index is 1330. The second kappa shape index (κ2) is 9.41. The first kappa shape index (κ1) is 21.1. The van der Waals surface area contributed by atoms with Crippen molar-refractivity contribution >= 4 is 27.2 Å². The molecule has 0 unspecified atom stereocenters. The smallest absolute Gasteiger partial charge is 0.185 e. The SMILES string of the molecule is c1ccc(C(c2ccccc2)N2CCN(c3nc(-c4cccc5ccccc45)cs3)CC2)cc1. The molecular formula is C30H27N3S. The van der Waals surface area contributed by atoms with E-state index in [-0.39, 0.29) is 6.04 Å². The zero-order valence-corrected chi connectivity index (χ0v) is 19.9. The fraction of sp³-hybridized carbons (Fsp3) is 0.167. The van der Waals surface area contributed by atoms with E-state index in [1.54, 1.807) is 11.3 Å². The number of thiazole rings is 1. The van der Waals surface area contributed by atoms with E-state index >= 15 is 0 Å². The Labute approximate surface area is 204 Å². The Kier molecular flexibility index (Phi) is 5.84. The Balaban J connectivity index is 1.22. The second-order valence-electron chi connectivity index (χ2n) is 8.79. The minimum atomic E-state index is 0.284. The first-order valence-electron chi connectivity index (χ1n) is 11.9. The van der Waals surface area contributed by atoms with Crippen LogP contribution in [-0.2, 0) is 0 Å². The Morgan fingerprint density at radius 3 is 1.97 bits per heavy atom. The summed E-state index contributed by atoms with van der Waals surface area (Å²) in [5, 5.41) is 5.86. The van der Waals surface area contributed by atoms with Crippen molar-refractivity contribution in [3.8, 4) is 11.3 Å². The summed E-state index contributed by atoms with van der Waals surface area (Å²) in [7, 11) is 0. The summed E-state index contributed by atoms with van der Waals surface area (Å²) in [6.45, 7) is 3.99. The number of hydrogen-bond donors (Lipinski definition) is 0. The highest BCUT2D eigenvalue weighted by Gasteiger charge is 2.27. The van der Waals surface area contributed by atoms with Crippen LogP contribution in [0.1, 0.15) is 17.2 Å². The molecule has 4 heteroatoms. The zero-order valence-electron chi connectivity index (χ0n) is 19.0. The number of nitrogens with zero attached hydrogens (tertiary/aromatic N) is 3. The summed E-state index contributed by atoms with van der Waals surface area (Å²) in [5.41, 5.74) is 5.00. The van der Waals surface area contributed by atoms with Gasteiger partial charge in [-0.15, -0.1) is 11.3 Å². The minimum absolute atomic E-state index is 0.284. The van der Waals surface area contributed by atoms with Crippen LogP contribution in [0.4, 0.5) is 5.13 Å². The second-order valence-corrected chi connectivity index (χ2v) is 9.63. The first-order valence-corrected chi connectivity index (χ1v) is 12.8. The highest BCUT2D eigenvalue weighted by atomic mass is 32.1. The molecule has 0 radical (unpaired) electrons. The van der Waals surface area contributed by atoms with Gasteiger partial charge >= 0.3 is 0 Å². The summed E-state index contributed by atoms with van der Waals surface area (Å²) in [4.78, 5) is 10.1. The quantitative estimate of drug-likeness (QED) is 0.285. The third-order valence-corrected chi connectivity index (χ3v) is 7.64. The van der Waals surface area contributed by atoms with Crippen molar-refractivity contribution in [2.75, 3.05) is 31.1 Å². The van der Waals surface area contributed by atoms with Crippen LogP contribution < -0.4 is 4.90 Å². The normalized spacial score (nSPS) is 14.7. The number of rotatable bonds is 5. The molecule has 0 saturated carbocycles. The van der Waals surface area contributed by atoms with Crippen LogP contribution >= 0.6 is 11.3 Å². The molecule has 4 aromatic carbocycles. The lowest BCUT2D eigenvalue weighted by Gasteiger charge is -2.39. The summed E-state index contributed by atoms with van der Waals surface area (Å²) >= 11 is 1.76. The van der Waals surface area contributed by atoms with Crippen LogP contribution in [0.2, 0.25) is 0 Å². The van der Waals surface area contributed by atoms with E-state index in [1.807, 2.05) is 0 Å². The molecule has 34 heavy (non-hydrogen) atoms. The van der Waals surface area contributed by atoms with Gasteiger partial charge in [0.05, 0.1) is 11.7 Å². The summed E-state index contributed by atoms with van der Waals surface area (Å²) in [5.74, 6) is 0. The van der Waals surface area contributed by atoms with Gasteiger partial charge in [0.15, 0.2) is 5.13 Å². The number of aromatic nitrogens is 1. The van der Waals surface area contributed by atoms with Gasteiger partial charge in [-0.25, -0.2) is 4.98 Å². The van der Waals surface area contributed by atoms with Crippen LogP contribution in [0, 0.1) is 0 Å². The molecule has 1 saturated heterocycles. The fourth-order valence-electron chi connectivity index (χ4n) is 5.04. The van der Waals surface area contributed by atoms with Gasteiger partial charge in [-0.1, -0.05) is 103 Å². The van der Waals surface area contributed by atoms with Crippen molar-refractivity contribution < 1.29 is 0 Å². The molecule has 0 aliphatic carbocycles. The molecule has 6 rings (SSSR count). The molecule has 1 aliphatic rings. The van der Waals surface area contributed by atoms with Crippen LogP contribution in [0.3, 0.4) is 0 Å². The maximum absolute atomic E-state index is 5.07. The predicted octanol–water partition coefficient (Wildman–Crippen LogP) is 6.87. The lowest BCUT2D eigenvalue weighted by atomic mass is 9.96. The van der Waals surface area contributed by atoms with Crippen LogP contribution in [0.25, 0.3) is 22.0 Å². The van der Waals surface area contributed by atoms with E-state index in [9.17, 15) is 0 Å². The Morgan fingerprint density at radius 2 is 1.26 bits per heavy atom. The molecule has 168 valence electrons. The van der Waals surface area contributed by atoms with Crippen molar-refractivity contribution in [1.82, 2.24) is 9.88 Å². The van der Waals surface area contributed by atoms with E-state index in [0.29, 0.717) is 0 Å². The average Bonchev–Trinajstić information content (AvgIpc) is 3.40. The predicted molar refractivity (Wildman–Crippen MR) is 144 cm³/mol. The van der Waals surface area contributed by atoms with Crippen molar-refractivity contribution in [2.24, 2.45) is 0 Å². The molecule has 0 N–H and O–H groups in total. The Hall–Kier alpha value is -3.47. The molecular weight excluding hydrogens is 434 g/mol. The fourth-order valence-corrected chi connectivity index (χ4v) is 5.92. The first-order chi connectivity index (χ1) is 16.9. The van der Waals surface area contributed by atoms with Gasteiger partial charge in [0.1, 0.15) is 0 Å². The molecule has 3 nitrogen and oxygen atoms in total. The number of benzene rings is 4.